The molecule has 4 heteroatoms. The van der Waals surface area contributed by atoms with Gasteiger partial charge in [-0.15, -0.1) is 0 Å². The van der Waals surface area contributed by atoms with Crippen LogP contribution in [0.1, 0.15) is 34.1 Å². The van der Waals surface area contributed by atoms with Gasteiger partial charge in [0, 0.05) is 13.6 Å². The lowest BCUT2D eigenvalue weighted by Gasteiger charge is -2.28. The molecule has 0 bridgehead atoms. The zero-order valence-corrected chi connectivity index (χ0v) is 10.5. The van der Waals surface area contributed by atoms with E-state index in [1.165, 1.54) is 0 Å². The highest BCUT2D eigenvalue weighted by Crippen LogP contribution is 2.08. The van der Waals surface area contributed by atoms with Crippen LogP contribution < -0.4 is 5.73 Å². The predicted molar refractivity (Wildman–Crippen MR) is 61.6 cm³/mol. The quantitative estimate of drug-likeness (QED) is 0.720. The van der Waals surface area contributed by atoms with Crippen LogP contribution in [0.15, 0.2) is 0 Å². The summed E-state index contributed by atoms with van der Waals surface area (Å²) in [4.78, 5) is 13.4. The summed E-state index contributed by atoms with van der Waals surface area (Å²) in [5.74, 6) is -0.0302. The van der Waals surface area contributed by atoms with Gasteiger partial charge >= 0.3 is 0 Å². The Morgan fingerprint density at radius 1 is 1.53 bits per heavy atom. The molecule has 90 valence electrons. The lowest BCUT2D eigenvalue weighted by atomic mass is 9.99. The van der Waals surface area contributed by atoms with Gasteiger partial charge < -0.3 is 15.4 Å². The second-order valence-electron chi connectivity index (χ2n) is 4.42. The van der Waals surface area contributed by atoms with Crippen LogP contribution in [0, 0.1) is 0 Å². The van der Waals surface area contributed by atoms with E-state index in [0.717, 1.165) is 0 Å². The first kappa shape index (κ1) is 14.4. The number of amides is 1. The first-order valence-electron chi connectivity index (χ1n) is 5.47. The Balaban J connectivity index is 4.00. The zero-order valence-electron chi connectivity index (χ0n) is 10.5. The Kier molecular flexibility index (Phi) is 5.83. The average Bonchev–Trinajstić information content (AvgIpc) is 2.15. The highest BCUT2D eigenvalue weighted by molar-refractivity contribution is 5.85. The van der Waals surface area contributed by atoms with Crippen LogP contribution in [-0.4, -0.2) is 42.6 Å². The minimum Gasteiger partial charge on any atom is -0.377 e. The molecule has 1 atom stereocenters. The fourth-order valence-corrected chi connectivity index (χ4v) is 1.11. The lowest BCUT2D eigenvalue weighted by molar-refractivity contribution is -0.136. The molecule has 0 aliphatic carbocycles. The van der Waals surface area contributed by atoms with E-state index in [-0.39, 0.29) is 12.0 Å². The van der Waals surface area contributed by atoms with Gasteiger partial charge in [-0.1, -0.05) is 6.92 Å². The van der Waals surface area contributed by atoms with E-state index >= 15 is 0 Å². The van der Waals surface area contributed by atoms with Crippen LogP contribution >= 0.6 is 0 Å². The average molecular weight is 216 g/mol. The van der Waals surface area contributed by atoms with Crippen LogP contribution in [0.25, 0.3) is 0 Å². The molecular formula is C11H24N2O2. The third-order valence-corrected chi connectivity index (χ3v) is 2.45. The smallest absolute Gasteiger partial charge is 0.242 e. The Morgan fingerprint density at radius 2 is 2.07 bits per heavy atom. The van der Waals surface area contributed by atoms with Crippen LogP contribution in [0.2, 0.25) is 0 Å². The molecule has 0 aliphatic rings. The van der Waals surface area contributed by atoms with Gasteiger partial charge in [0.05, 0.1) is 18.2 Å². The van der Waals surface area contributed by atoms with Gasteiger partial charge in [0.1, 0.15) is 0 Å². The maximum Gasteiger partial charge on any atom is 0.242 e. The summed E-state index contributed by atoms with van der Waals surface area (Å²) in [6, 6.07) is 0. The fraction of sp³-hybridized carbons (Fsp3) is 0.909. The minimum absolute atomic E-state index is 0.0302. The number of nitrogens with zero attached hydrogens (tertiary/aromatic N) is 1. The molecule has 0 aliphatic heterocycles. The zero-order chi connectivity index (χ0) is 12.1. The van der Waals surface area contributed by atoms with E-state index in [2.05, 4.69) is 0 Å². The van der Waals surface area contributed by atoms with E-state index in [1.807, 2.05) is 20.8 Å². The van der Waals surface area contributed by atoms with Gasteiger partial charge in [-0.3, -0.25) is 4.79 Å². The number of hydrogen-bond acceptors (Lipinski definition) is 3. The first-order valence-corrected chi connectivity index (χ1v) is 5.47. The van der Waals surface area contributed by atoms with Crippen LogP contribution in [0.3, 0.4) is 0 Å². The maximum atomic E-state index is 11.8. The van der Waals surface area contributed by atoms with Crippen LogP contribution in [0.4, 0.5) is 0 Å². The topological polar surface area (TPSA) is 55.6 Å². The standard InChI is InChI=1S/C11H24N2O2/c1-6-11(4,12)10(14)13(5)7-8-15-9(2)3/h9H,6-8,12H2,1-5H3. The number of rotatable bonds is 6. The fourth-order valence-electron chi connectivity index (χ4n) is 1.11. The second kappa shape index (κ2) is 6.08. The molecule has 1 unspecified atom stereocenters. The molecule has 15 heavy (non-hydrogen) atoms. The normalized spacial score (nSPS) is 15.1. The Bertz CT molecular complexity index is 203. The Hall–Kier alpha value is -0.610. The molecule has 0 aromatic heterocycles. The molecule has 0 radical (unpaired) electrons. The van der Waals surface area contributed by atoms with Crippen molar-refractivity contribution in [3.63, 3.8) is 0 Å². The monoisotopic (exact) mass is 216 g/mol. The highest BCUT2D eigenvalue weighted by atomic mass is 16.5. The predicted octanol–water partition coefficient (Wildman–Crippen LogP) is 0.997. The molecule has 2 N–H and O–H groups in total. The molecule has 0 aromatic carbocycles. The number of carbonyl (C=O) groups is 1. The van der Waals surface area contributed by atoms with E-state index < -0.39 is 5.54 Å². The Morgan fingerprint density at radius 3 is 2.47 bits per heavy atom. The summed E-state index contributed by atoms with van der Waals surface area (Å²) in [7, 11) is 1.76. The molecule has 0 saturated carbocycles. The van der Waals surface area contributed by atoms with Gasteiger partial charge in [0.2, 0.25) is 5.91 Å². The SMILES string of the molecule is CCC(C)(N)C(=O)N(C)CCOC(C)C. The lowest BCUT2D eigenvalue weighted by Crippen LogP contribution is -2.52. The number of hydrogen-bond donors (Lipinski definition) is 1. The van der Waals surface area contributed by atoms with Gasteiger partial charge in [-0.2, -0.15) is 0 Å². The molecule has 4 nitrogen and oxygen atoms in total. The van der Waals surface area contributed by atoms with E-state index in [1.54, 1.807) is 18.9 Å². The third kappa shape index (κ3) is 5.14. The van der Waals surface area contributed by atoms with Gasteiger partial charge in [0.25, 0.3) is 0 Å². The summed E-state index contributed by atoms with van der Waals surface area (Å²) in [6.07, 6.45) is 0.838. The van der Waals surface area contributed by atoms with E-state index in [4.69, 9.17) is 10.5 Å². The first-order chi connectivity index (χ1) is 6.81. The number of carbonyl (C=O) groups excluding carboxylic acids is 1. The van der Waals surface area contributed by atoms with Crippen molar-refractivity contribution in [2.45, 2.75) is 45.8 Å². The Labute approximate surface area is 92.8 Å². The maximum absolute atomic E-state index is 11.8. The molecular weight excluding hydrogens is 192 g/mol. The van der Waals surface area contributed by atoms with Crippen molar-refractivity contribution in [3.05, 3.63) is 0 Å². The van der Waals surface area contributed by atoms with Crippen molar-refractivity contribution in [1.82, 2.24) is 4.90 Å². The molecule has 0 fully saturated rings. The van der Waals surface area contributed by atoms with Crippen LogP contribution in [0.5, 0.6) is 0 Å². The van der Waals surface area contributed by atoms with E-state index in [0.29, 0.717) is 19.6 Å². The second-order valence-corrected chi connectivity index (χ2v) is 4.42. The minimum atomic E-state index is -0.757. The summed E-state index contributed by atoms with van der Waals surface area (Å²) in [5.41, 5.74) is 5.10. The summed E-state index contributed by atoms with van der Waals surface area (Å²) < 4.78 is 5.37. The van der Waals surface area contributed by atoms with Crippen LogP contribution in [-0.2, 0) is 9.53 Å². The highest BCUT2D eigenvalue weighted by Gasteiger charge is 2.28. The van der Waals surface area contributed by atoms with E-state index in [9.17, 15) is 4.79 Å². The molecule has 0 heterocycles. The molecule has 0 saturated heterocycles. The van der Waals surface area contributed by atoms with Crippen molar-refractivity contribution < 1.29 is 9.53 Å². The molecule has 0 aromatic rings. The van der Waals surface area contributed by atoms with Crippen molar-refractivity contribution >= 4 is 5.91 Å². The molecule has 1 amide bonds. The van der Waals surface area contributed by atoms with Gasteiger partial charge in [0.15, 0.2) is 0 Å². The van der Waals surface area contributed by atoms with Crippen molar-refractivity contribution in [3.8, 4) is 0 Å². The van der Waals surface area contributed by atoms with Gasteiger partial charge in [-0.05, 0) is 27.2 Å². The summed E-state index contributed by atoms with van der Waals surface area (Å²) in [6.45, 7) is 8.76. The third-order valence-electron chi connectivity index (χ3n) is 2.45. The number of nitrogens with two attached hydrogens (primary N) is 1. The molecule has 0 rings (SSSR count). The largest absolute Gasteiger partial charge is 0.377 e. The van der Waals surface area contributed by atoms with Crippen molar-refractivity contribution in [2.24, 2.45) is 5.73 Å². The van der Waals surface area contributed by atoms with Gasteiger partial charge in [-0.25, -0.2) is 0 Å². The van der Waals surface area contributed by atoms with Crippen molar-refractivity contribution in [2.75, 3.05) is 20.2 Å². The van der Waals surface area contributed by atoms with Crippen molar-refractivity contribution in [1.29, 1.82) is 0 Å². The number of likely N-dealkylation sites (N-methyl/N-ethyl adjacent to an activating group) is 1. The summed E-state index contributed by atoms with van der Waals surface area (Å²) >= 11 is 0. The summed E-state index contributed by atoms with van der Waals surface area (Å²) in [5, 5.41) is 0. The number of ether oxygens (including phenoxy) is 1. The molecule has 0 spiro atoms.